The van der Waals surface area contributed by atoms with E-state index in [1.165, 1.54) is 73.3 Å². The van der Waals surface area contributed by atoms with Crippen molar-refractivity contribution < 1.29 is 0 Å². The molecule has 6 heteroatoms. The predicted molar refractivity (Wildman–Crippen MR) is 244 cm³/mol. The van der Waals surface area contributed by atoms with Gasteiger partial charge in [0.05, 0.1) is 11.0 Å². The lowest BCUT2D eigenvalue weighted by Gasteiger charge is -2.23. The van der Waals surface area contributed by atoms with E-state index in [4.69, 9.17) is 9.98 Å². The number of nitrogens with zero attached hydrogens (tertiary/aromatic N) is 3. The molecule has 57 heavy (non-hydrogen) atoms. The van der Waals surface area contributed by atoms with Crippen LogP contribution in [0, 0.1) is 0 Å². The molecule has 0 saturated carbocycles. The van der Waals surface area contributed by atoms with Gasteiger partial charge in [-0.15, -0.1) is 22.7 Å². The quantitative estimate of drug-likeness (QED) is 0.186. The number of para-hydroxylation sites is 1. The fraction of sp³-hybridized carbons (Fsp3) is 0.0196. The van der Waals surface area contributed by atoms with Crippen molar-refractivity contribution in [3.8, 4) is 16.8 Å². The molecule has 0 spiro atoms. The Morgan fingerprint density at radius 3 is 1.88 bits per heavy atom. The van der Waals surface area contributed by atoms with Gasteiger partial charge in [-0.25, -0.2) is 9.98 Å². The van der Waals surface area contributed by atoms with Crippen LogP contribution in [0.3, 0.4) is 0 Å². The van der Waals surface area contributed by atoms with E-state index in [0.717, 1.165) is 28.2 Å². The molecule has 0 aliphatic carbocycles. The Bertz CT molecular complexity index is 3430. The minimum Gasteiger partial charge on any atom is -0.344 e. The highest BCUT2D eigenvalue weighted by molar-refractivity contribution is 7.26. The van der Waals surface area contributed by atoms with Gasteiger partial charge in [0, 0.05) is 67.9 Å². The second-order valence-corrected chi connectivity index (χ2v) is 16.8. The van der Waals surface area contributed by atoms with Crippen molar-refractivity contribution in [2.45, 2.75) is 6.17 Å². The summed E-state index contributed by atoms with van der Waals surface area (Å²) in [5, 5.41) is 11.3. The molecule has 0 saturated heterocycles. The number of aliphatic imine (C=N–C) groups is 2. The van der Waals surface area contributed by atoms with Gasteiger partial charge in [0.25, 0.3) is 0 Å². The predicted octanol–water partition coefficient (Wildman–Crippen LogP) is 13.7. The molecule has 1 N–H and O–H groups in total. The molecule has 1 aliphatic rings. The first-order chi connectivity index (χ1) is 28.2. The maximum Gasteiger partial charge on any atom is 0.159 e. The van der Waals surface area contributed by atoms with Gasteiger partial charge in [-0.05, 0) is 83.4 Å². The number of aromatic nitrogens is 1. The number of thiophene rings is 2. The first-order valence-electron chi connectivity index (χ1n) is 19.2. The summed E-state index contributed by atoms with van der Waals surface area (Å²) >= 11 is 3.73. The lowest BCUT2D eigenvalue weighted by atomic mass is 10.00. The molecule has 11 aromatic rings. The molecule has 1 atom stereocenters. The van der Waals surface area contributed by atoms with Crippen LogP contribution in [-0.2, 0) is 0 Å². The Hall–Kier alpha value is -6.86. The van der Waals surface area contributed by atoms with Crippen LogP contribution in [0.5, 0.6) is 0 Å². The third kappa shape index (κ3) is 5.26. The van der Waals surface area contributed by atoms with E-state index in [1.807, 2.05) is 46.9 Å². The lowest BCUT2D eigenvalue weighted by molar-refractivity contribution is 0.674. The normalized spacial score (nSPS) is 14.5. The fourth-order valence-corrected chi connectivity index (χ4v) is 10.7. The molecule has 12 rings (SSSR count). The third-order valence-corrected chi connectivity index (χ3v) is 13.6. The Kier molecular flexibility index (Phi) is 7.30. The van der Waals surface area contributed by atoms with Crippen LogP contribution in [-0.4, -0.2) is 16.2 Å². The Balaban J connectivity index is 1.02. The Morgan fingerprint density at radius 2 is 1.07 bits per heavy atom. The van der Waals surface area contributed by atoms with Crippen molar-refractivity contribution in [2.24, 2.45) is 9.98 Å². The highest BCUT2D eigenvalue weighted by Gasteiger charge is 2.22. The standard InChI is InChI=1S/C51H32N4S2/c1-3-11-31(12-4-1)49-52-50(32-13-5-2-6-14-32)54-51(53-49)33-19-23-36(24-20-33)55-42-17-9-7-15-37(42)39-25-28-46-47(48(39)55)41-30-35(22-27-45(41)57-46)34-21-26-44-40(29-34)38-16-8-10-18-43(38)56-44/h1-30,49H,(H,52,53,54). The summed E-state index contributed by atoms with van der Waals surface area (Å²) < 4.78 is 7.69. The van der Waals surface area contributed by atoms with Gasteiger partial charge in [-0.1, -0.05) is 115 Å². The van der Waals surface area contributed by atoms with Crippen molar-refractivity contribution in [1.82, 2.24) is 9.88 Å². The maximum absolute atomic E-state index is 5.13. The van der Waals surface area contributed by atoms with Crippen molar-refractivity contribution in [1.29, 1.82) is 0 Å². The van der Waals surface area contributed by atoms with Crippen LogP contribution in [0.4, 0.5) is 0 Å². The molecule has 0 bridgehead atoms. The first kappa shape index (κ1) is 32.4. The summed E-state index contributed by atoms with van der Waals surface area (Å²) in [5.41, 5.74) is 9.09. The molecule has 268 valence electrons. The number of nitrogens with one attached hydrogen (secondary N) is 1. The summed E-state index contributed by atoms with van der Waals surface area (Å²) in [5.74, 6) is 1.53. The van der Waals surface area contributed by atoms with Gasteiger partial charge in [0.15, 0.2) is 5.84 Å². The van der Waals surface area contributed by atoms with Crippen LogP contribution >= 0.6 is 22.7 Å². The van der Waals surface area contributed by atoms with Gasteiger partial charge in [0.1, 0.15) is 12.0 Å². The van der Waals surface area contributed by atoms with Crippen LogP contribution < -0.4 is 5.32 Å². The minimum absolute atomic E-state index is 0.248. The molecule has 0 amide bonds. The Labute approximate surface area is 336 Å². The van der Waals surface area contributed by atoms with Crippen LogP contribution in [0.2, 0.25) is 0 Å². The first-order valence-corrected chi connectivity index (χ1v) is 20.8. The molecule has 1 unspecified atom stereocenters. The molecule has 3 aromatic heterocycles. The molecular weight excluding hydrogens is 733 g/mol. The zero-order valence-electron chi connectivity index (χ0n) is 30.6. The summed E-state index contributed by atoms with van der Waals surface area (Å²) in [7, 11) is 0. The van der Waals surface area contributed by atoms with E-state index >= 15 is 0 Å². The average molecular weight is 765 g/mol. The van der Waals surface area contributed by atoms with E-state index in [1.54, 1.807) is 0 Å². The van der Waals surface area contributed by atoms with Crippen molar-refractivity contribution in [2.75, 3.05) is 0 Å². The van der Waals surface area contributed by atoms with E-state index in [0.29, 0.717) is 5.84 Å². The zero-order chi connectivity index (χ0) is 37.5. The average Bonchev–Trinajstić information content (AvgIpc) is 3.96. The lowest BCUT2D eigenvalue weighted by Crippen LogP contribution is -2.33. The second-order valence-electron chi connectivity index (χ2n) is 14.6. The van der Waals surface area contributed by atoms with Crippen LogP contribution in [0.25, 0.3) is 79.0 Å². The van der Waals surface area contributed by atoms with Gasteiger partial charge in [-0.3, -0.25) is 0 Å². The molecule has 0 radical (unpaired) electrons. The zero-order valence-corrected chi connectivity index (χ0v) is 32.2. The maximum atomic E-state index is 5.13. The molecule has 8 aromatic carbocycles. The summed E-state index contributed by atoms with van der Waals surface area (Å²) in [4.78, 5) is 10.2. The molecule has 4 nitrogen and oxygen atoms in total. The molecule has 4 heterocycles. The minimum atomic E-state index is -0.248. The summed E-state index contributed by atoms with van der Waals surface area (Å²) in [6, 6.07) is 65.5. The fourth-order valence-electron chi connectivity index (χ4n) is 8.56. The molecule has 1 aliphatic heterocycles. The SMILES string of the molecule is c1ccc(C2=NC(c3ccc(-n4c5ccccc5c5ccc6sc7ccc(-c8ccc9sc%10ccccc%10c9c8)cc7c6c54)cc3)=NC(c3ccccc3)N2)cc1. The van der Waals surface area contributed by atoms with Gasteiger partial charge in [-0.2, -0.15) is 0 Å². The smallest absolute Gasteiger partial charge is 0.159 e. The number of benzene rings is 8. The Morgan fingerprint density at radius 1 is 0.456 bits per heavy atom. The number of amidine groups is 2. The number of rotatable bonds is 5. The van der Waals surface area contributed by atoms with Gasteiger partial charge < -0.3 is 9.88 Å². The van der Waals surface area contributed by atoms with Crippen molar-refractivity contribution >= 4 is 96.5 Å². The molecule has 0 fully saturated rings. The van der Waals surface area contributed by atoms with Crippen molar-refractivity contribution in [3.05, 3.63) is 199 Å². The molecular formula is C51H32N4S2. The topological polar surface area (TPSA) is 41.7 Å². The summed E-state index contributed by atoms with van der Waals surface area (Å²) in [6.07, 6.45) is -0.248. The summed E-state index contributed by atoms with van der Waals surface area (Å²) in [6.45, 7) is 0. The highest BCUT2D eigenvalue weighted by Crippen LogP contribution is 2.45. The van der Waals surface area contributed by atoms with E-state index in [9.17, 15) is 0 Å². The number of hydrogen-bond acceptors (Lipinski definition) is 5. The van der Waals surface area contributed by atoms with Gasteiger partial charge >= 0.3 is 0 Å². The van der Waals surface area contributed by atoms with Gasteiger partial charge in [0.2, 0.25) is 0 Å². The highest BCUT2D eigenvalue weighted by atomic mass is 32.1. The second kappa shape index (κ2) is 12.8. The largest absolute Gasteiger partial charge is 0.344 e. The van der Waals surface area contributed by atoms with Crippen molar-refractivity contribution in [3.63, 3.8) is 0 Å². The number of hydrogen-bond donors (Lipinski definition) is 1. The van der Waals surface area contributed by atoms with Crippen LogP contribution in [0.1, 0.15) is 22.9 Å². The van der Waals surface area contributed by atoms with E-state index < -0.39 is 0 Å². The van der Waals surface area contributed by atoms with Crippen LogP contribution in [0.15, 0.2) is 192 Å². The monoisotopic (exact) mass is 764 g/mol. The van der Waals surface area contributed by atoms with E-state index in [-0.39, 0.29) is 6.17 Å². The van der Waals surface area contributed by atoms with E-state index in [2.05, 4.69) is 168 Å². The third-order valence-electron chi connectivity index (χ3n) is 11.3. The number of fused-ring (bicyclic) bond motifs is 10.